The summed E-state index contributed by atoms with van der Waals surface area (Å²) in [4.78, 5) is 23.9. The van der Waals surface area contributed by atoms with Crippen molar-refractivity contribution in [2.75, 3.05) is 6.61 Å². The molecule has 0 aromatic heterocycles. The number of nitrogens with one attached hydrogen (secondary N) is 1. The SMILES string of the molecule is CCCC(C)(NC(=O)C1OCCc2ccccc21)C(=O)O. The van der Waals surface area contributed by atoms with Gasteiger partial charge in [0.05, 0.1) is 6.61 Å². The van der Waals surface area contributed by atoms with Crippen LogP contribution in [0.2, 0.25) is 0 Å². The number of ether oxygens (including phenoxy) is 1. The van der Waals surface area contributed by atoms with Gasteiger partial charge in [0.1, 0.15) is 5.54 Å². The van der Waals surface area contributed by atoms with E-state index in [-0.39, 0.29) is 5.91 Å². The molecule has 1 aromatic carbocycles. The fourth-order valence-corrected chi connectivity index (χ4v) is 2.67. The number of amides is 1. The average molecular weight is 291 g/mol. The predicted molar refractivity (Wildman–Crippen MR) is 77.9 cm³/mol. The normalized spacial score (nSPS) is 20.2. The van der Waals surface area contributed by atoms with Gasteiger partial charge in [0, 0.05) is 0 Å². The Hall–Kier alpha value is -1.88. The van der Waals surface area contributed by atoms with Crippen molar-refractivity contribution in [1.82, 2.24) is 5.32 Å². The Kier molecular flexibility index (Phi) is 4.63. The van der Waals surface area contributed by atoms with Gasteiger partial charge in [0.15, 0.2) is 6.10 Å². The Labute approximate surface area is 124 Å². The molecule has 2 unspecified atom stereocenters. The van der Waals surface area contributed by atoms with Gasteiger partial charge in [0.2, 0.25) is 0 Å². The maximum Gasteiger partial charge on any atom is 0.329 e. The minimum atomic E-state index is -1.26. The second kappa shape index (κ2) is 6.26. The summed E-state index contributed by atoms with van der Waals surface area (Å²) in [7, 11) is 0. The molecular weight excluding hydrogens is 270 g/mol. The van der Waals surface area contributed by atoms with E-state index in [1.54, 1.807) is 0 Å². The van der Waals surface area contributed by atoms with Crippen LogP contribution >= 0.6 is 0 Å². The molecule has 0 aliphatic carbocycles. The summed E-state index contributed by atoms with van der Waals surface area (Å²) in [6, 6.07) is 7.62. The van der Waals surface area contributed by atoms with Crippen LogP contribution in [0, 0.1) is 0 Å². The van der Waals surface area contributed by atoms with Crippen LogP contribution in [0.25, 0.3) is 0 Å². The third-order valence-electron chi connectivity index (χ3n) is 3.85. The summed E-state index contributed by atoms with van der Waals surface area (Å²) in [5, 5.41) is 12.0. The smallest absolute Gasteiger partial charge is 0.329 e. The zero-order valence-corrected chi connectivity index (χ0v) is 12.4. The highest BCUT2D eigenvalue weighted by molar-refractivity contribution is 5.89. The molecule has 2 atom stereocenters. The monoisotopic (exact) mass is 291 g/mol. The van der Waals surface area contributed by atoms with Gasteiger partial charge in [-0.2, -0.15) is 0 Å². The zero-order valence-electron chi connectivity index (χ0n) is 12.4. The number of carboxylic acids is 1. The molecule has 114 valence electrons. The van der Waals surface area contributed by atoms with Crippen molar-refractivity contribution in [3.05, 3.63) is 35.4 Å². The summed E-state index contributed by atoms with van der Waals surface area (Å²) in [5.74, 6) is -1.41. The Bertz CT molecular complexity index is 543. The summed E-state index contributed by atoms with van der Waals surface area (Å²) < 4.78 is 5.56. The highest BCUT2D eigenvalue weighted by atomic mass is 16.5. The number of aliphatic carboxylic acids is 1. The first-order valence-electron chi connectivity index (χ1n) is 7.23. The molecule has 0 bridgehead atoms. The molecule has 2 N–H and O–H groups in total. The molecule has 1 heterocycles. The molecule has 5 nitrogen and oxygen atoms in total. The van der Waals surface area contributed by atoms with E-state index in [1.165, 1.54) is 6.92 Å². The fourth-order valence-electron chi connectivity index (χ4n) is 2.67. The standard InChI is InChI=1S/C16H21NO4/c1-3-9-16(2,15(19)20)17-14(18)13-12-7-5-4-6-11(12)8-10-21-13/h4-7,13H,3,8-10H2,1-2H3,(H,17,18)(H,19,20). The molecule has 1 aliphatic rings. The lowest BCUT2D eigenvalue weighted by Gasteiger charge is -2.30. The molecule has 0 saturated carbocycles. The second-order valence-electron chi connectivity index (χ2n) is 5.58. The molecule has 21 heavy (non-hydrogen) atoms. The molecule has 0 saturated heterocycles. The van der Waals surface area contributed by atoms with Crippen molar-refractivity contribution in [3.8, 4) is 0 Å². The van der Waals surface area contributed by atoms with Crippen molar-refractivity contribution < 1.29 is 19.4 Å². The van der Waals surface area contributed by atoms with Gasteiger partial charge < -0.3 is 15.2 Å². The van der Waals surface area contributed by atoms with Crippen molar-refractivity contribution in [3.63, 3.8) is 0 Å². The van der Waals surface area contributed by atoms with E-state index in [2.05, 4.69) is 5.32 Å². The third-order valence-corrected chi connectivity index (χ3v) is 3.85. The molecule has 0 fully saturated rings. The number of rotatable bonds is 5. The highest BCUT2D eigenvalue weighted by Gasteiger charge is 2.37. The average Bonchev–Trinajstić information content (AvgIpc) is 2.46. The Morgan fingerprint density at radius 3 is 2.81 bits per heavy atom. The van der Waals surface area contributed by atoms with Crippen LogP contribution in [0.1, 0.15) is 43.9 Å². The quantitative estimate of drug-likeness (QED) is 0.870. The maximum atomic E-state index is 12.5. The van der Waals surface area contributed by atoms with E-state index in [0.29, 0.717) is 19.4 Å². The zero-order chi connectivity index (χ0) is 15.5. The minimum Gasteiger partial charge on any atom is -0.480 e. The van der Waals surface area contributed by atoms with Gasteiger partial charge in [-0.3, -0.25) is 4.79 Å². The van der Waals surface area contributed by atoms with Gasteiger partial charge in [-0.25, -0.2) is 4.79 Å². The molecular formula is C16H21NO4. The maximum absolute atomic E-state index is 12.5. The Balaban J connectivity index is 2.20. The Morgan fingerprint density at radius 2 is 2.14 bits per heavy atom. The Morgan fingerprint density at radius 1 is 1.43 bits per heavy atom. The summed E-state index contributed by atoms with van der Waals surface area (Å²) in [6.45, 7) is 3.89. The second-order valence-corrected chi connectivity index (χ2v) is 5.58. The topological polar surface area (TPSA) is 75.6 Å². The van der Waals surface area contributed by atoms with Crippen molar-refractivity contribution in [2.45, 2.75) is 44.8 Å². The van der Waals surface area contributed by atoms with Crippen LogP contribution in [0.3, 0.4) is 0 Å². The highest BCUT2D eigenvalue weighted by Crippen LogP contribution is 2.28. The summed E-state index contributed by atoms with van der Waals surface area (Å²) in [6.07, 6.45) is 1.09. The molecule has 0 spiro atoms. The number of hydrogen-bond donors (Lipinski definition) is 2. The van der Waals surface area contributed by atoms with Crippen molar-refractivity contribution in [1.29, 1.82) is 0 Å². The molecule has 1 aliphatic heterocycles. The van der Waals surface area contributed by atoms with Gasteiger partial charge >= 0.3 is 5.97 Å². The fraction of sp³-hybridized carbons (Fsp3) is 0.500. The van der Waals surface area contributed by atoms with Crippen LogP contribution < -0.4 is 5.32 Å². The summed E-state index contributed by atoms with van der Waals surface area (Å²) in [5.41, 5.74) is 0.642. The van der Waals surface area contributed by atoms with E-state index in [0.717, 1.165) is 17.5 Å². The lowest BCUT2D eigenvalue weighted by atomic mass is 9.93. The van der Waals surface area contributed by atoms with Crippen LogP contribution in [0.5, 0.6) is 0 Å². The largest absolute Gasteiger partial charge is 0.480 e. The van der Waals surface area contributed by atoms with Crippen molar-refractivity contribution >= 4 is 11.9 Å². The molecule has 5 heteroatoms. The number of carboxylic acid groups (broad SMARTS) is 1. The van der Waals surface area contributed by atoms with E-state index < -0.39 is 17.6 Å². The lowest BCUT2D eigenvalue weighted by Crippen LogP contribution is -2.54. The first-order valence-corrected chi connectivity index (χ1v) is 7.23. The molecule has 2 rings (SSSR count). The van der Waals surface area contributed by atoms with E-state index in [4.69, 9.17) is 4.74 Å². The third kappa shape index (κ3) is 3.24. The first kappa shape index (κ1) is 15.5. The minimum absolute atomic E-state index is 0.377. The molecule has 1 amide bonds. The molecule has 1 aromatic rings. The number of carbonyl (C=O) groups excluding carboxylic acids is 1. The van der Waals surface area contributed by atoms with E-state index in [1.807, 2.05) is 31.2 Å². The van der Waals surface area contributed by atoms with Crippen molar-refractivity contribution in [2.24, 2.45) is 0 Å². The van der Waals surface area contributed by atoms with Crippen LogP contribution in [-0.2, 0) is 20.7 Å². The first-order chi connectivity index (χ1) is 9.98. The van der Waals surface area contributed by atoms with E-state index in [9.17, 15) is 14.7 Å². The van der Waals surface area contributed by atoms with Crippen LogP contribution in [-0.4, -0.2) is 29.1 Å². The predicted octanol–water partition coefficient (Wildman–Crippen LogP) is 2.06. The number of carbonyl (C=O) groups is 2. The van der Waals surface area contributed by atoms with Gasteiger partial charge in [-0.05, 0) is 30.9 Å². The van der Waals surface area contributed by atoms with Crippen LogP contribution in [0.4, 0.5) is 0 Å². The van der Waals surface area contributed by atoms with Crippen LogP contribution in [0.15, 0.2) is 24.3 Å². The molecule has 0 radical (unpaired) electrons. The van der Waals surface area contributed by atoms with E-state index >= 15 is 0 Å². The van der Waals surface area contributed by atoms with Gasteiger partial charge in [-0.15, -0.1) is 0 Å². The van der Waals surface area contributed by atoms with Gasteiger partial charge in [0.25, 0.3) is 5.91 Å². The van der Waals surface area contributed by atoms with Gasteiger partial charge in [-0.1, -0.05) is 37.6 Å². The lowest BCUT2D eigenvalue weighted by molar-refractivity contribution is -0.150. The number of hydrogen-bond acceptors (Lipinski definition) is 3. The summed E-state index contributed by atoms with van der Waals surface area (Å²) >= 11 is 0. The number of benzene rings is 1. The number of fused-ring (bicyclic) bond motifs is 1.